The molecule has 92 valence electrons. The molecule has 1 heterocycles. The van der Waals surface area contributed by atoms with E-state index in [0.717, 1.165) is 23.7 Å². The maximum atomic E-state index is 7.63. The summed E-state index contributed by atoms with van der Waals surface area (Å²) in [6, 6.07) is 7.78. The van der Waals surface area contributed by atoms with Crippen molar-refractivity contribution in [3.05, 3.63) is 36.0 Å². The Labute approximate surface area is 105 Å². The SMILES string of the molecule is N=C(N)c1cnc2ccccc2c1OC1CCC1. The van der Waals surface area contributed by atoms with Crippen LogP contribution >= 0.6 is 0 Å². The number of aromatic nitrogens is 1. The molecule has 0 aliphatic heterocycles. The highest BCUT2D eigenvalue weighted by Gasteiger charge is 2.22. The fraction of sp³-hybridized carbons (Fsp3) is 0.286. The highest BCUT2D eigenvalue weighted by molar-refractivity contribution is 6.02. The minimum Gasteiger partial charge on any atom is -0.489 e. The third-order valence-corrected chi connectivity index (χ3v) is 3.35. The van der Waals surface area contributed by atoms with E-state index < -0.39 is 0 Å². The summed E-state index contributed by atoms with van der Waals surface area (Å²) in [5.74, 6) is 0.709. The normalized spacial score (nSPS) is 15.3. The molecule has 3 rings (SSSR count). The Hall–Kier alpha value is -2.10. The maximum Gasteiger partial charge on any atom is 0.141 e. The van der Waals surface area contributed by atoms with E-state index in [1.54, 1.807) is 6.20 Å². The van der Waals surface area contributed by atoms with Gasteiger partial charge in [-0.25, -0.2) is 0 Å². The molecule has 0 unspecified atom stereocenters. The van der Waals surface area contributed by atoms with Crippen LogP contribution in [0.15, 0.2) is 30.5 Å². The Morgan fingerprint density at radius 2 is 2.11 bits per heavy atom. The van der Waals surface area contributed by atoms with Crippen molar-refractivity contribution >= 4 is 16.7 Å². The molecule has 0 spiro atoms. The predicted molar refractivity (Wildman–Crippen MR) is 71.0 cm³/mol. The summed E-state index contributed by atoms with van der Waals surface area (Å²) < 4.78 is 6.00. The molecule has 1 saturated carbocycles. The molecule has 0 amide bonds. The predicted octanol–water partition coefficient (Wildman–Crippen LogP) is 2.45. The fourth-order valence-electron chi connectivity index (χ4n) is 2.09. The van der Waals surface area contributed by atoms with Crippen LogP contribution in [0, 0.1) is 5.41 Å². The van der Waals surface area contributed by atoms with Crippen molar-refractivity contribution in [2.45, 2.75) is 25.4 Å². The summed E-state index contributed by atoms with van der Waals surface area (Å²) >= 11 is 0. The third-order valence-electron chi connectivity index (χ3n) is 3.35. The van der Waals surface area contributed by atoms with Crippen LogP contribution in [0.25, 0.3) is 10.9 Å². The molecule has 3 N–H and O–H groups in total. The van der Waals surface area contributed by atoms with E-state index in [-0.39, 0.29) is 11.9 Å². The molecule has 0 radical (unpaired) electrons. The van der Waals surface area contributed by atoms with Gasteiger partial charge in [0, 0.05) is 11.6 Å². The molecule has 1 aromatic carbocycles. The van der Waals surface area contributed by atoms with E-state index >= 15 is 0 Å². The lowest BCUT2D eigenvalue weighted by Crippen LogP contribution is -2.26. The fourth-order valence-corrected chi connectivity index (χ4v) is 2.09. The zero-order chi connectivity index (χ0) is 12.5. The molecular formula is C14H15N3O. The quantitative estimate of drug-likeness (QED) is 0.640. The Bertz CT molecular complexity index is 605. The lowest BCUT2D eigenvalue weighted by atomic mass is 9.96. The zero-order valence-electron chi connectivity index (χ0n) is 10.0. The Morgan fingerprint density at radius 3 is 2.78 bits per heavy atom. The van der Waals surface area contributed by atoms with Crippen LogP contribution in [-0.2, 0) is 0 Å². The van der Waals surface area contributed by atoms with Crippen molar-refractivity contribution in [3.8, 4) is 5.75 Å². The Kier molecular flexibility index (Phi) is 2.63. The van der Waals surface area contributed by atoms with Crippen LogP contribution in [0.2, 0.25) is 0 Å². The number of benzene rings is 1. The number of pyridine rings is 1. The van der Waals surface area contributed by atoms with Gasteiger partial charge in [-0.05, 0) is 31.4 Å². The van der Waals surface area contributed by atoms with E-state index in [1.807, 2.05) is 24.3 Å². The molecule has 0 atom stereocenters. The highest BCUT2D eigenvalue weighted by atomic mass is 16.5. The Balaban J connectivity index is 2.14. The van der Waals surface area contributed by atoms with Crippen LogP contribution in [-0.4, -0.2) is 16.9 Å². The molecule has 1 aliphatic rings. The van der Waals surface area contributed by atoms with Gasteiger partial charge in [-0.1, -0.05) is 12.1 Å². The van der Waals surface area contributed by atoms with Crippen LogP contribution in [0.4, 0.5) is 0 Å². The summed E-state index contributed by atoms with van der Waals surface area (Å²) in [5, 5.41) is 8.56. The van der Waals surface area contributed by atoms with E-state index in [0.29, 0.717) is 11.3 Å². The standard InChI is InChI=1S/C14H15N3O/c15-14(16)11-8-17-12-7-2-1-6-10(12)13(11)18-9-4-3-5-9/h1-2,6-9H,3-5H2,(H3,15,16). The first-order valence-corrected chi connectivity index (χ1v) is 6.14. The van der Waals surface area contributed by atoms with Crippen molar-refractivity contribution in [2.24, 2.45) is 5.73 Å². The highest BCUT2D eigenvalue weighted by Crippen LogP contribution is 2.32. The van der Waals surface area contributed by atoms with Crippen molar-refractivity contribution in [3.63, 3.8) is 0 Å². The maximum absolute atomic E-state index is 7.63. The van der Waals surface area contributed by atoms with Gasteiger partial charge in [0.2, 0.25) is 0 Å². The van der Waals surface area contributed by atoms with E-state index in [9.17, 15) is 0 Å². The number of nitrogens with one attached hydrogen (secondary N) is 1. The molecule has 1 fully saturated rings. The van der Waals surface area contributed by atoms with Crippen LogP contribution in [0.5, 0.6) is 5.75 Å². The van der Waals surface area contributed by atoms with Crippen molar-refractivity contribution in [2.75, 3.05) is 0 Å². The van der Waals surface area contributed by atoms with Crippen LogP contribution < -0.4 is 10.5 Å². The van der Waals surface area contributed by atoms with Gasteiger partial charge in [0.1, 0.15) is 11.6 Å². The van der Waals surface area contributed by atoms with Crippen molar-refractivity contribution in [1.29, 1.82) is 5.41 Å². The second kappa shape index (κ2) is 4.29. The molecule has 4 nitrogen and oxygen atoms in total. The third kappa shape index (κ3) is 1.79. The van der Waals surface area contributed by atoms with Gasteiger partial charge in [-0.2, -0.15) is 0 Å². The number of hydrogen-bond acceptors (Lipinski definition) is 3. The number of hydrogen-bond donors (Lipinski definition) is 2. The van der Waals surface area contributed by atoms with Gasteiger partial charge < -0.3 is 10.5 Å². The van der Waals surface area contributed by atoms with Crippen molar-refractivity contribution < 1.29 is 4.74 Å². The monoisotopic (exact) mass is 241 g/mol. The number of amidine groups is 1. The summed E-state index contributed by atoms with van der Waals surface area (Å²) in [6.45, 7) is 0. The summed E-state index contributed by atoms with van der Waals surface area (Å²) in [4.78, 5) is 4.31. The lowest BCUT2D eigenvalue weighted by molar-refractivity contribution is 0.122. The zero-order valence-corrected chi connectivity index (χ0v) is 10.0. The number of nitrogens with zero attached hydrogens (tertiary/aromatic N) is 1. The van der Waals surface area contributed by atoms with Gasteiger partial charge in [-0.15, -0.1) is 0 Å². The average Bonchev–Trinajstić information content (AvgIpc) is 2.33. The number of fused-ring (bicyclic) bond motifs is 1. The minimum atomic E-state index is 0.00239. The molecule has 2 aromatic rings. The molecule has 0 bridgehead atoms. The largest absolute Gasteiger partial charge is 0.489 e. The topological polar surface area (TPSA) is 72.0 Å². The summed E-state index contributed by atoms with van der Waals surface area (Å²) in [6.07, 6.45) is 5.25. The van der Waals surface area contributed by atoms with Gasteiger partial charge in [-0.3, -0.25) is 10.4 Å². The smallest absolute Gasteiger partial charge is 0.141 e. The number of rotatable bonds is 3. The van der Waals surface area contributed by atoms with Crippen LogP contribution in [0.1, 0.15) is 24.8 Å². The molecular weight excluding hydrogens is 226 g/mol. The molecule has 4 heteroatoms. The number of nitrogens with two attached hydrogens (primary N) is 1. The first kappa shape index (κ1) is 11.0. The number of ether oxygens (including phenoxy) is 1. The van der Waals surface area contributed by atoms with E-state index in [2.05, 4.69) is 4.98 Å². The molecule has 18 heavy (non-hydrogen) atoms. The summed E-state index contributed by atoms with van der Waals surface area (Å²) in [7, 11) is 0. The van der Waals surface area contributed by atoms with Crippen LogP contribution in [0.3, 0.4) is 0 Å². The van der Waals surface area contributed by atoms with E-state index in [1.165, 1.54) is 6.42 Å². The van der Waals surface area contributed by atoms with Gasteiger partial charge >= 0.3 is 0 Å². The lowest BCUT2D eigenvalue weighted by Gasteiger charge is -2.28. The molecule has 0 saturated heterocycles. The second-order valence-corrected chi connectivity index (χ2v) is 4.60. The number of para-hydroxylation sites is 1. The average molecular weight is 241 g/mol. The first-order chi connectivity index (χ1) is 8.75. The second-order valence-electron chi connectivity index (χ2n) is 4.60. The number of nitrogen functional groups attached to an aromatic ring is 1. The molecule has 1 aromatic heterocycles. The summed E-state index contributed by atoms with van der Waals surface area (Å²) in [5.41, 5.74) is 7.06. The van der Waals surface area contributed by atoms with E-state index in [4.69, 9.17) is 15.9 Å². The first-order valence-electron chi connectivity index (χ1n) is 6.14. The van der Waals surface area contributed by atoms with Gasteiger partial charge in [0.05, 0.1) is 17.2 Å². The minimum absolute atomic E-state index is 0.00239. The van der Waals surface area contributed by atoms with Gasteiger partial charge in [0.25, 0.3) is 0 Å². The Morgan fingerprint density at radius 1 is 1.33 bits per heavy atom. The van der Waals surface area contributed by atoms with Crippen molar-refractivity contribution in [1.82, 2.24) is 4.98 Å². The molecule has 1 aliphatic carbocycles. The van der Waals surface area contributed by atoms with Gasteiger partial charge in [0.15, 0.2) is 0 Å².